The third kappa shape index (κ3) is 7.12. The van der Waals surface area contributed by atoms with E-state index in [9.17, 15) is 22.8 Å². The summed E-state index contributed by atoms with van der Waals surface area (Å²) in [7, 11) is 0. The summed E-state index contributed by atoms with van der Waals surface area (Å²) in [6.07, 6.45) is -2.32. The number of carbonyl (C=O) groups excluding carboxylic acids is 1. The van der Waals surface area contributed by atoms with Crippen molar-refractivity contribution in [3.8, 4) is 5.75 Å². The zero-order valence-electron chi connectivity index (χ0n) is 20.3. The van der Waals surface area contributed by atoms with E-state index >= 15 is 0 Å². The van der Waals surface area contributed by atoms with E-state index in [2.05, 4.69) is 21.7 Å². The Morgan fingerprint density at radius 1 is 1.18 bits per heavy atom. The Bertz CT molecular complexity index is 1310. The number of hydrogen-bond acceptors (Lipinski definition) is 7. The number of benzene rings is 1. The largest absolute Gasteiger partial charge is 0.490 e. The summed E-state index contributed by atoms with van der Waals surface area (Å²) >= 11 is 1.58. The van der Waals surface area contributed by atoms with Gasteiger partial charge in [-0.2, -0.15) is 13.2 Å². The van der Waals surface area contributed by atoms with Crippen LogP contribution in [0.5, 0.6) is 5.75 Å². The van der Waals surface area contributed by atoms with Gasteiger partial charge in [0.15, 0.2) is 6.61 Å². The van der Waals surface area contributed by atoms with Crippen LogP contribution in [0.25, 0.3) is 0 Å². The number of ether oxygens (including phenoxy) is 1. The highest BCUT2D eigenvalue weighted by Crippen LogP contribution is 2.50. The van der Waals surface area contributed by atoms with Crippen LogP contribution >= 0.6 is 11.3 Å². The maximum atomic E-state index is 12.9. The van der Waals surface area contributed by atoms with Gasteiger partial charge in [0.05, 0.1) is 10.6 Å². The second kappa shape index (κ2) is 11.8. The SMILES string of the molecule is O=C(O)C(F)(F)F.O=C(O)COc1ccc(C(CNC(=O)c2cc3c(s2)CCNC3)C2c3cccnc32)cc1. The fraction of sp³-hybridized carbons (Fsp3) is 0.308. The molecular formula is C26H24F3N3O6S. The van der Waals surface area contributed by atoms with Crippen molar-refractivity contribution in [2.24, 2.45) is 0 Å². The van der Waals surface area contributed by atoms with E-state index < -0.39 is 18.1 Å². The van der Waals surface area contributed by atoms with Crippen LogP contribution in [-0.2, 0) is 22.6 Å². The number of carboxylic acids is 2. The van der Waals surface area contributed by atoms with E-state index in [1.54, 1.807) is 29.7 Å². The van der Waals surface area contributed by atoms with Crippen LogP contribution in [0.4, 0.5) is 13.2 Å². The van der Waals surface area contributed by atoms with E-state index in [0.717, 1.165) is 35.6 Å². The molecule has 1 amide bonds. The molecule has 0 radical (unpaired) electrons. The van der Waals surface area contributed by atoms with Crippen LogP contribution in [-0.4, -0.2) is 58.9 Å². The first-order chi connectivity index (χ1) is 18.5. The highest BCUT2D eigenvalue weighted by atomic mass is 32.1. The quantitative estimate of drug-likeness (QED) is 0.327. The number of nitrogens with one attached hydrogen (secondary N) is 2. The van der Waals surface area contributed by atoms with Gasteiger partial charge in [0.2, 0.25) is 0 Å². The lowest BCUT2D eigenvalue weighted by Gasteiger charge is -2.18. The number of aromatic nitrogens is 1. The smallest absolute Gasteiger partial charge is 0.482 e. The number of alkyl halides is 3. The molecule has 0 spiro atoms. The number of aliphatic carboxylic acids is 2. The van der Waals surface area contributed by atoms with Gasteiger partial charge in [-0.05, 0) is 47.4 Å². The monoisotopic (exact) mass is 563 g/mol. The van der Waals surface area contributed by atoms with Gasteiger partial charge in [-0.25, -0.2) is 9.59 Å². The molecule has 2 unspecified atom stereocenters. The van der Waals surface area contributed by atoms with E-state index in [0.29, 0.717) is 12.3 Å². The van der Waals surface area contributed by atoms with E-state index in [4.69, 9.17) is 19.7 Å². The van der Waals surface area contributed by atoms with Gasteiger partial charge in [-0.1, -0.05) is 18.2 Å². The molecule has 1 aliphatic heterocycles. The van der Waals surface area contributed by atoms with Crippen LogP contribution in [0.1, 0.15) is 48.8 Å². The zero-order valence-corrected chi connectivity index (χ0v) is 21.1. The fourth-order valence-electron chi connectivity index (χ4n) is 4.30. The second-order valence-electron chi connectivity index (χ2n) is 8.81. The molecule has 39 heavy (non-hydrogen) atoms. The predicted molar refractivity (Wildman–Crippen MR) is 134 cm³/mol. The van der Waals surface area contributed by atoms with Crippen molar-refractivity contribution >= 4 is 29.2 Å². The van der Waals surface area contributed by atoms with Gasteiger partial charge in [0.1, 0.15) is 5.75 Å². The number of carbonyl (C=O) groups is 3. The van der Waals surface area contributed by atoms with Gasteiger partial charge in [-0.15, -0.1) is 11.3 Å². The summed E-state index contributed by atoms with van der Waals surface area (Å²) in [4.78, 5) is 39.1. The molecular weight excluding hydrogens is 539 g/mol. The number of fused-ring (bicyclic) bond motifs is 2. The van der Waals surface area contributed by atoms with Crippen LogP contribution in [0.2, 0.25) is 0 Å². The van der Waals surface area contributed by atoms with Crippen LogP contribution in [0.15, 0.2) is 48.7 Å². The lowest BCUT2D eigenvalue weighted by atomic mass is 9.92. The Morgan fingerprint density at radius 3 is 2.49 bits per heavy atom. The number of amides is 1. The number of rotatable bonds is 8. The molecule has 3 heterocycles. The summed E-state index contributed by atoms with van der Waals surface area (Å²) in [6.45, 7) is 1.88. The Balaban J connectivity index is 0.000000448. The maximum absolute atomic E-state index is 12.9. The van der Waals surface area contributed by atoms with Crippen LogP contribution < -0.4 is 15.4 Å². The predicted octanol–water partition coefficient (Wildman–Crippen LogP) is 3.54. The topological polar surface area (TPSA) is 138 Å². The highest BCUT2D eigenvalue weighted by Gasteiger charge is 2.41. The third-order valence-electron chi connectivity index (χ3n) is 6.18. The summed E-state index contributed by atoms with van der Waals surface area (Å²) in [5.41, 5.74) is 4.54. The standard InChI is InChI=1S/C24H23N3O4S.C2HF3O2/c28-21(29)13-31-16-5-3-14(4-6-16)18(22-17-2-1-8-26-23(17)22)12-27-24(30)20-10-15-11-25-9-7-19(15)32-20;3-2(4,5)1(6)7/h1-6,8,10,18,22,25H,7,9,11-13H2,(H,27,30)(H,28,29);(H,6,7). The Hall–Kier alpha value is -3.97. The number of halogens is 3. The fourth-order valence-corrected chi connectivity index (χ4v) is 5.40. The zero-order chi connectivity index (χ0) is 28.2. The van der Waals surface area contributed by atoms with Crippen molar-refractivity contribution in [1.82, 2.24) is 15.6 Å². The normalized spacial score (nSPS) is 16.0. The van der Waals surface area contributed by atoms with Gasteiger partial charge in [-0.3, -0.25) is 9.78 Å². The van der Waals surface area contributed by atoms with Gasteiger partial charge >= 0.3 is 18.1 Å². The molecule has 13 heteroatoms. The first-order valence-electron chi connectivity index (χ1n) is 11.8. The van der Waals surface area contributed by atoms with E-state index in [1.807, 2.05) is 24.3 Å². The Labute approximate surface area is 224 Å². The van der Waals surface area contributed by atoms with Gasteiger partial charge in [0.25, 0.3) is 5.91 Å². The molecule has 3 aromatic rings. The average Bonchev–Trinajstić information content (AvgIpc) is 3.45. The molecule has 0 bridgehead atoms. The molecule has 1 aliphatic carbocycles. The van der Waals surface area contributed by atoms with Crippen molar-refractivity contribution in [2.75, 3.05) is 19.7 Å². The van der Waals surface area contributed by atoms with Crippen molar-refractivity contribution in [3.63, 3.8) is 0 Å². The first-order valence-corrected chi connectivity index (χ1v) is 12.7. The molecule has 1 aromatic carbocycles. The van der Waals surface area contributed by atoms with Crippen molar-refractivity contribution < 1.29 is 42.5 Å². The van der Waals surface area contributed by atoms with Crippen molar-refractivity contribution in [3.05, 3.63) is 80.8 Å². The molecule has 0 fully saturated rings. The molecule has 0 saturated heterocycles. The average molecular weight is 564 g/mol. The Morgan fingerprint density at radius 2 is 1.90 bits per heavy atom. The molecule has 206 valence electrons. The lowest BCUT2D eigenvalue weighted by Crippen LogP contribution is -2.28. The second-order valence-corrected chi connectivity index (χ2v) is 9.95. The van der Waals surface area contributed by atoms with Crippen molar-refractivity contribution in [1.29, 1.82) is 0 Å². The lowest BCUT2D eigenvalue weighted by molar-refractivity contribution is -0.192. The highest BCUT2D eigenvalue weighted by molar-refractivity contribution is 7.14. The molecule has 0 saturated carbocycles. The summed E-state index contributed by atoms with van der Waals surface area (Å²) in [5.74, 6) is -3.12. The minimum Gasteiger partial charge on any atom is -0.482 e. The number of carboxylic acid groups (broad SMARTS) is 2. The number of hydrogen-bond donors (Lipinski definition) is 4. The third-order valence-corrected chi connectivity index (χ3v) is 7.42. The number of thiophene rings is 1. The molecule has 5 rings (SSSR count). The molecule has 2 aromatic heterocycles. The molecule has 2 aliphatic rings. The summed E-state index contributed by atoms with van der Waals surface area (Å²) in [6, 6.07) is 13.4. The van der Waals surface area contributed by atoms with Crippen molar-refractivity contribution in [2.45, 2.75) is 31.0 Å². The summed E-state index contributed by atoms with van der Waals surface area (Å²) < 4.78 is 37.0. The van der Waals surface area contributed by atoms with E-state index in [1.165, 1.54) is 16.0 Å². The molecule has 2 atom stereocenters. The maximum Gasteiger partial charge on any atom is 0.490 e. The van der Waals surface area contributed by atoms with Gasteiger partial charge in [0, 0.05) is 42.5 Å². The molecule has 9 nitrogen and oxygen atoms in total. The first kappa shape index (κ1) is 28.0. The minimum atomic E-state index is -5.08. The number of nitrogens with zero attached hydrogens (tertiary/aromatic N) is 1. The number of pyridine rings is 1. The van der Waals surface area contributed by atoms with Crippen LogP contribution in [0.3, 0.4) is 0 Å². The van der Waals surface area contributed by atoms with E-state index in [-0.39, 0.29) is 24.3 Å². The molecule has 4 N–H and O–H groups in total. The minimum absolute atomic E-state index is 0.0358. The summed E-state index contributed by atoms with van der Waals surface area (Å²) in [5, 5.41) is 22.4. The van der Waals surface area contributed by atoms with Gasteiger partial charge < -0.3 is 25.6 Å². The van der Waals surface area contributed by atoms with Crippen LogP contribution in [0, 0.1) is 0 Å². The Kier molecular flexibility index (Phi) is 8.51.